The Balaban J connectivity index is 1.58. The molecule has 1 aromatic heterocycles. The number of anilines is 1. The fourth-order valence-electron chi connectivity index (χ4n) is 2.79. The topological polar surface area (TPSA) is 73.6 Å². The molecule has 6 nitrogen and oxygen atoms in total. The third kappa shape index (κ3) is 4.91. The number of rotatable bonds is 8. The average Bonchev–Trinajstić information content (AvgIpc) is 3.16. The highest BCUT2D eigenvalue weighted by molar-refractivity contribution is 5.92. The fourth-order valence-corrected chi connectivity index (χ4v) is 2.79. The van der Waals surface area contributed by atoms with Crippen LogP contribution in [-0.4, -0.2) is 24.6 Å². The third-order valence-corrected chi connectivity index (χ3v) is 4.20. The van der Waals surface area contributed by atoms with Crippen molar-refractivity contribution in [1.29, 1.82) is 0 Å². The molecule has 0 saturated heterocycles. The van der Waals surface area contributed by atoms with E-state index in [0.29, 0.717) is 36.1 Å². The summed E-state index contributed by atoms with van der Waals surface area (Å²) in [6, 6.07) is 13.3. The number of ether oxygens (including phenoxy) is 2. The second kappa shape index (κ2) is 9.08. The number of oxazole rings is 1. The number of aryl methyl sites for hydroxylation is 2. The molecule has 6 heteroatoms. The smallest absolute Gasteiger partial charge is 0.224 e. The molecule has 0 unspecified atom stereocenters. The SMILES string of the molecule is CCOc1ccc(-c2cnc(CCC(=O)Nc3cc(C)ccc3OC)o2)cc1. The quantitative estimate of drug-likeness (QED) is 0.617. The number of hydrogen-bond acceptors (Lipinski definition) is 5. The highest BCUT2D eigenvalue weighted by Crippen LogP contribution is 2.26. The summed E-state index contributed by atoms with van der Waals surface area (Å²) >= 11 is 0. The normalized spacial score (nSPS) is 10.5. The van der Waals surface area contributed by atoms with Gasteiger partial charge in [-0.1, -0.05) is 6.07 Å². The first-order chi connectivity index (χ1) is 13.6. The van der Waals surface area contributed by atoms with Crippen LogP contribution in [0.25, 0.3) is 11.3 Å². The predicted octanol–water partition coefficient (Wildman–Crippen LogP) is 4.63. The van der Waals surface area contributed by atoms with Gasteiger partial charge in [-0.15, -0.1) is 0 Å². The van der Waals surface area contributed by atoms with Crippen molar-refractivity contribution in [2.75, 3.05) is 19.0 Å². The van der Waals surface area contributed by atoms with E-state index in [-0.39, 0.29) is 12.3 Å². The van der Waals surface area contributed by atoms with E-state index in [0.717, 1.165) is 16.9 Å². The number of methoxy groups -OCH3 is 1. The summed E-state index contributed by atoms with van der Waals surface area (Å²) in [6.45, 7) is 4.54. The summed E-state index contributed by atoms with van der Waals surface area (Å²) in [4.78, 5) is 16.6. The predicted molar refractivity (Wildman–Crippen MR) is 108 cm³/mol. The molecule has 0 aliphatic carbocycles. The molecular weight excluding hydrogens is 356 g/mol. The van der Waals surface area contributed by atoms with Gasteiger partial charge in [-0.25, -0.2) is 4.98 Å². The highest BCUT2D eigenvalue weighted by atomic mass is 16.5. The Kier molecular flexibility index (Phi) is 6.32. The molecule has 3 rings (SSSR count). The minimum absolute atomic E-state index is 0.121. The van der Waals surface area contributed by atoms with Gasteiger partial charge in [0.05, 0.1) is 25.6 Å². The zero-order valence-corrected chi connectivity index (χ0v) is 16.3. The second-order valence-corrected chi connectivity index (χ2v) is 6.33. The monoisotopic (exact) mass is 380 g/mol. The molecule has 1 heterocycles. The number of nitrogens with one attached hydrogen (secondary N) is 1. The highest BCUT2D eigenvalue weighted by Gasteiger charge is 2.11. The third-order valence-electron chi connectivity index (χ3n) is 4.20. The molecule has 0 bridgehead atoms. The molecule has 28 heavy (non-hydrogen) atoms. The van der Waals surface area contributed by atoms with E-state index in [1.54, 1.807) is 13.3 Å². The van der Waals surface area contributed by atoms with E-state index in [1.807, 2.05) is 56.3 Å². The zero-order valence-electron chi connectivity index (χ0n) is 16.3. The summed E-state index contributed by atoms with van der Waals surface area (Å²) in [5, 5.41) is 2.88. The Labute approximate surface area is 164 Å². The van der Waals surface area contributed by atoms with Crippen molar-refractivity contribution in [1.82, 2.24) is 4.98 Å². The van der Waals surface area contributed by atoms with Gasteiger partial charge in [0.25, 0.3) is 0 Å². The first-order valence-electron chi connectivity index (χ1n) is 9.21. The van der Waals surface area contributed by atoms with Gasteiger partial charge in [-0.2, -0.15) is 0 Å². The summed E-state index contributed by atoms with van der Waals surface area (Å²) in [5.41, 5.74) is 2.62. The molecule has 146 valence electrons. The molecule has 0 spiro atoms. The van der Waals surface area contributed by atoms with Crippen LogP contribution in [0.2, 0.25) is 0 Å². The van der Waals surface area contributed by atoms with Crippen LogP contribution in [0.4, 0.5) is 5.69 Å². The Morgan fingerprint density at radius 2 is 1.96 bits per heavy atom. The van der Waals surface area contributed by atoms with Crippen molar-refractivity contribution in [3.05, 3.63) is 60.1 Å². The van der Waals surface area contributed by atoms with Crippen LogP contribution >= 0.6 is 0 Å². The lowest BCUT2D eigenvalue weighted by Crippen LogP contribution is -2.13. The number of hydrogen-bond donors (Lipinski definition) is 1. The number of benzene rings is 2. The van der Waals surface area contributed by atoms with Gasteiger partial charge in [0.2, 0.25) is 5.91 Å². The van der Waals surface area contributed by atoms with Gasteiger partial charge < -0.3 is 19.2 Å². The van der Waals surface area contributed by atoms with Gasteiger partial charge in [0.15, 0.2) is 11.7 Å². The van der Waals surface area contributed by atoms with Crippen molar-refractivity contribution >= 4 is 11.6 Å². The molecule has 3 aromatic rings. The Hall–Kier alpha value is -3.28. The van der Waals surface area contributed by atoms with Crippen LogP contribution in [0.5, 0.6) is 11.5 Å². The average molecular weight is 380 g/mol. The molecule has 0 saturated carbocycles. The Bertz CT molecular complexity index is 932. The number of nitrogens with zero attached hydrogens (tertiary/aromatic N) is 1. The van der Waals surface area contributed by atoms with E-state index in [9.17, 15) is 4.79 Å². The van der Waals surface area contributed by atoms with Gasteiger partial charge in [-0.3, -0.25) is 4.79 Å². The summed E-state index contributed by atoms with van der Waals surface area (Å²) in [7, 11) is 1.58. The molecule has 0 aliphatic rings. The molecule has 0 aliphatic heterocycles. The number of carbonyl (C=O) groups excluding carboxylic acids is 1. The maximum Gasteiger partial charge on any atom is 0.224 e. The Morgan fingerprint density at radius 1 is 1.18 bits per heavy atom. The van der Waals surface area contributed by atoms with Crippen molar-refractivity contribution in [2.45, 2.75) is 26.7 Å². The van der Waals surface area contributed by atoms with Crippen molar-refractivity contribution in [3.8, 4) is 22.8 Å². The zero-order chi connectivity index (χ0) is 19.9. The van der Waals surface area contributed by atoms with E-state index >= 15 is 0 Å². The van der Waals surface area contributed by atoms with Crippen LogP contribution < -0.4 is 14.8 Å². The Morgan fingerprint density at radius 3 is 2.68 bits per heavy atom. The lowest BCUT2D eigenvalue weighted by Gasteiger charge is -2.10. The van der Waals surface area contributed by atoms with Crippen molar-refractivity contribution in [2.24, 2.45) is 0 Å². The number of aromatic nitrogens is 1. The van der Waals surface area contributed by atoms with Gasteiger partial charge in [-0.05, 0) is 55.8 Å². The molecule has 0 fully saturated rings. The molecule has 1 N–H and O–H groups in total. The second-order valence-electron chi connectivity index (χ2n) is 6.33. The molecular formula is C22H24N2O4. The maximum absolute atomic E-state index is 12.3. The summed E-state index contributed by atoms with van der Waals surface area (Å²) in [6.07, 6.45) is 2.35. The largest absolute Gasteiger partial charge is 0.495 e. The maximum atomic E-state index is 12.3. The number of carbonyl (C=O) groups is 1. The number of amides is 1. The first-order valence-corrected chi connectivity index (χ1v) is 9.21. The van der Waals surface area contributed by atoms with Crippen molar-refractivity contribution in [3.63, 3.8) is 0 Å². The van der Waals surface area contributed by atoms with Crippen LogP contribution in [0.3, 0.4) is 0 Å². The van der Waals surface area contributed by atoms with E-state index in [4.69, 9.17) is 13.9 Å². The summed E-state index contributed by atoms with van der Waals surface area (Å²) < 4.78 is 16.5. The van der Waals surface area contributed by atoms with Gasteiger partial charge in [0, 0.05) is 18.4 Å². The van der Waals surface area contributed by atoms with Crippen LogP contribution in [0, 0.1) is 6.92 Å². The van der Waals surface area contributed by atoms with Crippen LogP contribution in [0.1, 0.15) is 24.8 Å². The van der Waals surface area contributed by atoms with Gasteiger partial charge >= 0.3 is 0 Å². The first kappa shape index (κ1) is 19.5. The molecule has 0 atom stereocenters. The van der Waals surface area contributed by atoms with Crippen molar-refractivity contribution < 1.29 is 18.7 Å². The van der Waals surface area contributed by atoms with E-state index in [2.05, 4.69) is 10.3 Å². The molecule has 0 radical (unpaired) electrons. The van der Waals surface area contributed by atoms with Crippen LogP contribution in [0.15, 0.2) is 53.1 Å². The molecule has 2 aromatic carbocycles. The van der Waals surface area contributed by atoms with Gasteiger partial charge in [0.1, 0.15) is 11.5 Å². The lowest BCUT2D eigenvalue weighted by molar-refractivity contribution is -0.116. The van der Waals surface area contributed by atoms with E-state index < -0.39 is 0 Å². The minimum atomic E-state index is -0.121. The summed E-state index contributed by atoms with van der Waals surface area (Å²) in [5.74, 6) is 2.51. The van der Waals surface area contributed by atoms with E-state index in [1.165, 1.54) is 0 Å². The van der Waals surface area contributed by atoms with Crippen LogP contribution in [-0.2, 0) is 11.2 Å². The lowest BCUT2D eigenvalue weighted by atomic mass is 10.2. The standard InChI is InChI=1S/C22H24N2O4/c1-4-27-17-8-6-16(7-9-17)20-14-23-22(28-20)12-11-21(25)24-18-13-15(2)5-10-19(18)26-3/h5-10,13-14H,4,11-12H2,1-3H3,(H,24,25). The fraction of sp³-hybridized carbons (Fsp3) is 0.273. The minimum Gasteiger partial charge on any atom is -0.495 e. The molecule has 1 amide bonds.